The summed E-state index contributed by atoms with van der Waals surface area (Å²) in [5.74, 6) is -0.461. The summed E-state index contributed by atoms with van der Waals surface area (Å²) in [4.78, 5) is 40.2. The highest BCUT2D eigenvalue weighted by Gasteiger charge is 2.34. The number of anilines is 1. The van der Waals surface area contributed by atoms with E-state index in [0.717, 1.165) is 6.42 Å². The van der Waals surface area contributed by atoms with E-state index in [1.807, 2.05) is 18.4 Å². The topological polar surface area (TPSA) is 90.5 Å². The molecule has 3 rings (SSSR count). The monoisotopic (exact) mass is 462 g/mol. The first-order valence-corrected chi connectivity index (χ1v) is 11.7. The number of hydrogen-bond acceptors (Lipinski definition) is 4. The average molecular weight is 463 g/mol. The fourth-order valence-electron chi connectivity index (χ4n) is 3.58. The maximum absolute atomic E-state index is 12.8. The summed E-state index contributed by atoms with van der Waals surface area (Å²) in [7, 11) is 0. The maximum Gasteiger partial charge on any atom is 0.321 e. The van der Waals surface area contributed by atoms with Crippen LogP contribution in [-0.4, -0.2) is 48.4 Å². The minimum atomic E-state index is -0.626. The molecule has 1 aromatic carbocycles. The Bertz CT molecular complexity index is 898. The van der Waals surface area contributed by atoms with Crippen molar-refractivity contribution in [3.8, 4) is 0 Å². The number of halogens is 1. The van der Waals surface area contributed by atoms with Crippen molar-refractivity contribution in [3.05, 3.63) is 51.7 Å². The lowest BCUT2D eigenvalue weighted by Crippen LogP contribution is -2.54. The average Bonchev–Trinajstić information content (AvgIpc) is 3.31. The molecule has 0 radical (unpaired) electrons. The third kappa shape index (κ3) is 6.45. The lowest BCUT2D eigenvalue weighted by Gasteiger charge is -2.35. The number of carbonyl (C=O) groups excluding carboxylic acids is 3. The second-order valence-electron chi connectivity index (χ2n) is 7.48. The van der Waals surface area contributed by atoms with Gasteiger partial charge in [0.2, 0.25) is 5.91 Å². The van der Waals surface area contributed by atoms with Crippen LogP contribution in [0.4, 0.5) is 10.5 Å². The number of carbonyl (C=O) groups is 3. The zero-order valence-electron chi connectivity index (χ0n) is 17.4. The van der Waals surface area contributed by atoms with Gasteiger partial charge in [-0.2, -0.15) is 0 Å². The lowest BCUT2D eigenvalue weighted by molar-refractivity contribution is -0.124. The van der Waals surface area contributed by atoms with Crippen molar-refractivity contribution in [2.24, 2.45) is 5.92 Å². The Morgan fingerprint density at radius 1 is 1.19 bits per heavy atom. The zero-order chi connectivity index (χ0) is 22.2. The third-order valence-corrected chi connectivity index (χ3v) is 6.34. The second kappa shape index (κ2) is 11.2. The van der Waals surface area contributed by atoms with E-state index in [9.17, 15) is 14.4 Å². The number of rotatable bonds is 7. The lowest BCUT2D eigenvalue weighted by atomic mass is 9.88. The molecule has 9 heteroatoms. The van der Waals surface area contributed by atoms with Gasteiger partial charge in [-0.05, 0) is 54.8 Å². The van der Waals surface area contributed by atoms with E-state index < -0.39 is 6.04 Å². The number of hydrogen-bond donors (Lipinski definition) is 3. The molecule has 1 unspecified atom stereocenters. The molecule has 7 nitrogen and oxygen atoms in total. The summed E-state index contributed by atoms with van der Waals surface area (Å²) < 4.78 is 0. The molecule has 1 aromatic heterocycles. The molecular weight excluding hydrogens is 436 g/mol. The van der Waals surface area contributed by atoms with E-state index in [1.165, 1.54) is 11.3 Å². The molecule has 1 fully saturated rings. The van der Waals surface area contributed by atoms with Gasteiger partial charge in [-0.15, -0.1) is 11.3 Å². The highest BCUT2D eigenvalue weighted by molar-refractivity contribution is 7.12. The fourth-order valence-corrected chi connectivity index (χ4v) is 4.40. The predicted octanol–water partition coefficient (Wildman–Crippen LogP) is 3.97. The summed E-state index contributed by atoms with van der Waals surface area (Å²) in [5.41, 5.74) is 0.639. The summed E-state index contributed by atoms with van der Waals surface area (Å²) in [6.45, 7) is 3.55. The molecule has 166 valence electrons. The summed E-state index contributed by atoms with van der Waals surface area (Å²) >= 11 is 7.32. The Morgan fingerprint density at radius 2 is 1.97 bits per heavy atom. The van der Waals surface area contributed by atoms with Crippen LogP contribution in [0.2, 0.25) is 5.02 Å². The number of urea groups is 1. The van der Waals surface area contributed by atoms with Crippen molar-refractivity contribution < 1.29 is 14.4 Å². The minimum Gasteiger partial charge on any atom is -0.354 e. The molecule has 1 saturated heterocycles. The molecule has 0 saturated carbocycles. The van der Waals surface area contributed by atoms with Gasteiger partial charge in [0.25, 0.3) is 5.91 Å². The van der Waals surface area contributed by atoms with Crippen molar-refractivity contribution in [2.45, 2.75) is 32.2 Å². The molecule has 1 atom stereocenters. The molecule has 0 aliphatic carbocycles. The van der Waals surface area contributed by atoms with Gasteiger partial charge in [0, 0.05) is 30.3 Å². The third-order valence-electron chi connectivity index (χ3n) is 5.24. The molecule has 1 aliphatic rings. The predicted molar refractivity (Wildman–Crippen MR) is 124 cm³/mol. The van der Waals surface area contributed by atoms with Crippen molar-refractivity contribution in [2.75, 3.05) is 25.0 Å². The molecule has 3 N–H and O–H groups in total. The molecule has 2 aromatic rings. The summed E-state index contributed by atoms with van der Waals surface area (Å²) in [6.07, 6.45) is 2.06. The van der Waals surface area contributed by atoms with Crippen LogP contribution in [0.5, 0.6) is 0 Å². The van der Waals surface area contributed by atoms with Crippen LogP contribution in [0.3, 0.4) is 0 Å². The summed E-state index contributed by atoms with van der Waals surface area (Å²) in [6, 6.07) is 9.73. The molecule has 2 heterocycles. The van der Waals surface area contributed by atoms with Crippen molar-refractivity contribution in [3.63, 3.8) is 0 Å². The van der Waals surface area contributed by atoms with Crippen LogP contribution in [0.25, 0.3) is 0 Å². The van der Waals surface area contributed by atoms with E-state index in [4.69, 9.17) is 11.6 Å². The van der Waals surface area contributed by atoms with Gasteiger partial charge in [-0.1, -0.05) is 30.7 Å². The van der Waals surface area contributed by atoms with Crippen molar-refractivity contribution in [1.82, 2.24) is 15.5 Å². The van der Waals surface area contributed by atoms with Crippen LogP contribution in [0.1, 0.15) is 35.9 Å². The number of nitrogens with zero attached hydrogens (tertiary/aromatic N) is 1. The van der Waals surface area contributed by atoms with Gasteiger partial charge in [0.1, 0.15) is 6.04 Å². The highest BCUT2D eigenvalue weighted by Crippen LogP contribution is 2.23. The molecule has 0 spiro atoms. The van der Waals surface area contributed by atoms with E-state index in [-0.39, 0.29) is 23.8 Å². The molecule has 0 bridgehead atoms. The number of benzene rings is 1. The van der Waals surface area contributed by atoms with Gasteiger partial charge in [-0.3, -0.25) is 9.59 Å². The van der Waals surface area contributed by atoms with E-state index in [0.29, 0.717) is 48.1 Å². The first-order chi connectivity index (χ1) is 15.0. The van der Waals surface area contributed by atoms with Gasteiger partial charge in [-0.25, -0.2) is 4.79 Å². The Balaban J connectivity index is 1.60. The normalized spacial score (nSPS) is 15.2. The van der Waals surface area contributed by atoms with Gasteiger partial charge in [0.15, 0.2) is 0 Å². The zero-order valence-corrected chi connectivity index (χ0v) is 19.0. The SMILES string of the molecule is CCCNC(=O)C(NC(=O)c1cccs1)C1CCN(C(=O)Nc2cccc(Cl)c2)CC1. The van der Waals surface area contributed by atoms with Crippen LogP contribution >= 0.6 is 22.9 Å². The Morgan fingerprint density at radius 3 is 2.61 bits per heavy atom. The second-order valence-corrected chi connectivity index (χ2v) is 8.87. The molecule has 31 heavy (non-hydrogen) atoms. The Kier molecular flexibility index (Phi) is 8.31. The maximum atomic E-state index is 12.8. The van der Waals surface area contributed by atoms with Gasteiger partial charge >= 0.3 is 6.03 Å². The van der Waals surface area contributed by atoms with Crippen LogP contribution in [-0.2, 0) is 4.79 Å². The quantitative estimate of drug-likeness (QED) is 0.581. The number of amides is 4. The number of likely N-dealkylation sites (tertiary alicyclic amines) is 1. The smallest absolute Gasteiger partial charge is 0.321 e. The molecule has 1 aliphatic heterocycles. The minimum absolute atomic E-state index is 0.0454. The van der Waals surface area contributed by atoms with Crippen molar-refractivity contribution >= 4 is 46.5 Å². The number of nitrogens with one attached hydrogen (secondary N) is 3. The molecule has 4 amide bonds. The largest absolute Gasteiger partial charge is 0.354 e. The molecular formula is C22H27ClN4O3S. The first-order valence-electron chi connectivity index (χ1n) is 10.4. The van der Waals surface area contributed by atoms with Crippen LogP contribution < -0.4 is 16.0 Å². The van der Waals surface area contributed by atoms with E-state index in [1.54, 1.807) is 35.2 Å². The fraction of sp³-hybridized carbons (Fsp3) is 0.409. The Labute approximate surface area is 191 Å². The van der Waals surface area contributed by atoms with Crippen molar-refractivity contribution in [1.29, 1.82) is 0 Å². The Hall–Kier alpha value is -2.58. The van der Waals surface area contributed by atoms with E-state index >= 15 is 0 Å². The first kappa shape index (κ1) is 23.1. The highest BCUT2D eigenvalue weighted by atomic mass is 35.5. The van der Waals surface area contributed by atoms with E-state index in [2.05, 4.69) is 16.0 Å². The van der Waals surface area contributed by atoms with Crippen LogP contribution in [0, 0.1) is 5.92 Å². The standard InChI is InChI=1S/C22H27ClN4O3S/c1-2-10-24-21(29)19(26-20(28)18-7-4-13-31-18)15-8-11-27(12-9-15)22(30)25-17-6-3-5-16(23)14-17/h3-7,13-15,19H,2,8-12H2,1H3,(H,24,29)(H,25,30)(H,26,28). The summed E-state index contributed by atoms with van der Waals surface area (Å²) in [5, 5.41) is 11.0. The van der Waals surface area contributed by atoms with Crippen LogP contribution in [0.15, 0.2) is 41.8 Å². The van der Waals surface area contributed by atoms with Gasteiger partial charge in [0.05, 0.1) is 4.88 Å². The van der Waals surface area contributed by atoms with Gasteiger partial charge < -0.3 is 20.9 Å². The number of piperidine rings is 1. The number of thiophene rings is 1.